The minimum atomic E-state index is -0.621. The summed E-state index contributed by atoms with van der Waals surface area (Å²) in [6.07, 6.45) is 0. The van der Waals surface area contributed by atoms with E-state index in [2.05, 4.69) is 382 Å². The van der Waals surface area contributed by atoms with Gasteiger partial charge in [0.1, 0.15) is 0 Å². The molecule has 16 aromatic rings. The molecule has 0 N–H and O–H groups in total. The molecular formula is C90H59B2N5OTe. The van der Waals surface area contributed by atoms with Gasteiger partial charge < -0.3 is 9.80 Å². The smallest absolute Gasteiger partial charge is 0.311 e. The normalized spacial score (nSPS) is 12.8. The Morgan fingerprint density at radius 1 is 0.263 bits per heavy atom. The number of anilines is 15. The third kappa shape index (κ3) is 9.26. The van der Waals surface area contributed by atoms with Gasteiger partial charge in [-0.1, -0.05) is 146 Å². The summed E-state index contributed by atoms with van der Waals surface area (Å²) in [5.74, 6) is 1.65. The first-order chi connectivity index (χ1) is 49.1. The van der Waals surface area contributed by atoms with Gasteiger partial charge in [0.05, 0.1) is 0 Å². The van der Waals surface area contributed by atoms with Crippen LogP contribution in [0.15, 0.2) is 358 Å². The molecule has 5 heterocycles. The van der Waals surface area contributed by atoms with E-state index in [1.807, 2.05) is 0 Å². The van der Waals surface area contributed by atoms with E-state index in [9.17, 15) is 0 Å². The van der Waals surface area contributed by atoms with Crippen LogP contribution in [0.25, 0.3) is 39.8 Å². The maximum atomic E-state index is 7.89. The molecule has 0 radical (unpaired) electrons. The van der Waals surface area contributed by atoms with Crippen LogP contribution in [0.2, 0.25) is 0 Å². The summed E-state index contributed by atoms with van der Waals surface area (Å²) >= 11 is -0.621. The fourth-order valence-electron chi connectivity index (χ4n) is 16.3. The van der Waals surface area contributed by atoms with Crippen molar-refractivity contribution in [2.45, 2.75) is 0 Å². The zero-order valence-corrected chi connectivity index (χ0v) is 56.1. The molecule has 99 heavy (non-hydrogen) atoms. The topological polar surface area (TPSA) is 25.4 Å². The first-order valence-corrected chi connectivity index (χ1v) is 36.3. The average Bonchev–Trinajstić information content (AvgIpc) is 0.830. The fourth-order valence-corrected chi connectivity index (χ4v) is 19.4. The molecule has 462 valence electrons. The van der Waals surface area contributed by atoms with E-state index in [1.54, 1.807) is 0 Å². The molecule has 0 saturated carbocycles. The molecule has 4 aliphatic rings. The van der Waals surface area contributed by atoms with Crippen molar-refractivity contribution in [1.29, 1.82) is 0 Å². The quantitative estimate of drug-likeness (QED) is 0.120. The van der Waals surface area contributed by atoms with Gasteiger partial charge in [-0.15, -0.1) is 0 Å². The van der Waals surface area contributed by atoms with Gasteiger partial charge >= 0.3 is 369 Å². The first-order valence-electron chi connectivity index (χ1n) is 34.0. The Kier molecular flexibility index (Phi) is 13.5. The SMILES string of the molecule is c1ccc(-c2ccccc2N(c2ccccc2)c2cc3c4c(c2)N(c2ccccc2-c2ccccc2)c2ccccc2B4c2cc4c(cc2N3c2ccc3[te]c5ccccc5c3c2)Oc2cc(N(c3ccccc3)c3ccccc3)cc3c2B4c2ccccc2N3c2ccccc2)cc1. The molecule has 9 heteroatoms. The number of fused-ring (bicyclic) bond motifs is 11. The summed E-state index contributed by atoms with van der Waals surface area (Å²) in [6, 6.07) is 132. The molecule has 0 amide bonds. The predicted octanol–water partition coefficient (Wildman–Crippen LogP) is 19.8. The zero-order valence-electron chi connectivity index (χ0n) is 53.8. The zero-order chi connectivity index (χ0) is 65.1. The Bertz CT molecular complexity index is 5800. The van der Waals surface area contributed by atoms with E-state index >= 15 is 0 Å². The van der Waals surface area contributed by atoms with E-state index in [0.717, 1.165) is 130 Å². The van der Waals surface area contributed by atoms with Crippen molar-refractivity contribution in [2.75, 3.05) is 24.5 Å². The molecule has 0 bridgehead atoms. The second kappa shape index (κ2) is 23.4. The molecule has 20 rings (SSSR count). The van der Waals surface area contributed by atoms with Crippen LogP contribution in [-0.2, 0) is 0 Å². The molecule has 15 aromatic carbocycles. The predicted molar refractivity (Wildman–Crippen MR) is 419 cm³/mol. The van der Waals surface area contributed by atoms with Gasteiger partial charge in [-0.2, -0.15) is 0 Å². The number of hydrogen-bond donors (Lipinski definition) is 0. The molecule has 0 saturated heterocycles. The van der Waals surface area contributed by atoms with Crippen molar-refractivity contribution in [3.05, 3.63) is 358 Å². The second-order valence-electron chi connectivity index (χ2n) is 25.9. The maximum absolute atomic E-state index is 7.89. The summed E-state index contributed by atoms with van der Waals surface area (Å²) in [7, 11) is 0. The van der Waals surface area contributed by atoms with Crippen LogP contribution < -0.4 is 62.0 Å². The van der Waals surface area contributed by atoms with Gasteiger partial charge in [-0.05, 0) is 48.5 Å². The van der Waals surface area contributed by atoms with Crippen LogP contribution in [0.1, 0.15) is 0 Å². The Labute approximate surface area is 586 Å². The van der Waals surface area contributed by atoms with E-state index in [0.29, 0.717) is 0 Å². The van der Waals surface area contributed by atoms with Crippen molar-refractivity contribution in [1.82, 2.24) is 0 Å². The molecule has 0 spiro atoms. The minimum Gasteiger partial charge on any atom is -0.311 e. The van der Waals surface area contributed by atoms with Crippen molar-refractivity contribution < 1.29 is 4.74 Å². The number of hydrogen-bond acceptors (Lipinski definition) is 6. The van der Waals surface area contributed by atoms with Gasteiger partial charge in [-0.3, -0.25) is 0 Å². The summed E-state index contributed by atoms with van der Waals surface area (Å²) in [5.41, 5.74) is 27.9. The third-order valence-electron chi connectivity index (χ3n) is 20.4. The number of rotatable bonds is 11. The van der Waals surface area contributed by atoms with E-state index < -0.39 is 20.4 Å². The van der Waals surface area contributed by atoms with E-state index in [-0.39, 0.29) is 13.4 Å². The van der Waals surface area contributed by atoms with Crippen LogP contribution in [-0.4, -0.2) is 33.9 Å². The first kappa shape index (κ1) is 57.3. The second-order valence-corrected chi connectivity index (χ2v) is 29.0. The Hall–Kier alpha value is -12.0. The average molecular weight is 1380 g/mol. The van der Waals surface area contributed by atoms with Crippen LogP contribution in [0, 0.1) is 0 Å². The van der Waals surface area contributed by atoms with Crippen molar-refractivity contribution in [2.24, 2.45) is 0 Å². The van der Waals surface area contributed by atoms with Gasteiger partial charge in [-0.25, -0.2) is 0 Å². The van der Waals surface area contributed by atoms with Crippen molar-refractivity contribution in [3.63, 3.8) is 0 Å². The van der Waals surface area contributed by atoms with Crippen LogP contribution in [0.5, 0.6) is 11.5 Å². The standard InChI is InChI=1S/C90H59B2N5OTe/c1-7-29-60(30-8-1)69-41-19-24-46-77(69)94(64-37-15-5-16-38-64)67-54-82-89-83(55-67)97(78-47-25-20-42-70(78)61-31-9-2-10-32-61)80-49-27-23-45-74(80)91(89)75-58-76-85(59-81(75)96(82)66-51-52-88-72(53-66)71-43-21-28-50-87(71)99-88)98-86-57-68(93(62-33-11-3-12-34-62)63-35-13-4-14-36-63)56-84-90(86)92(76)73-44-22-26-48-79(73)95(84)65-39-17-6-18-40-65/h1-59H. The van der Waals surface area contributed by atoms with Crippen molar-refractivity contribution >= 4 is 170 Å². The van der Waals surface area contributed by atoms with Crippen LogP contribution in [0.3, 0.4) is 0 Å². The van der Waals surface area contributed by atoms with Gasteiger partial charge in [0, 0.05) is 17.1 Å². The monoisotopic (exact) mass is 1380 g/mol. The van der Waals surface area contributed by atoms with E-state index in [4.69, 9.17) is 4.74 Å². The summed E-state index contributed by atoms with van der Waals surface area (Å²) in [6.45, 7) is -0.430. The number of ether oxygens (including phenoxy) is 1. The minimum absolute atomic E-state index is 0.203. The van der Waals surface area contributed by atoms with Crippen LogP contribution >= 0.6 is 0 Å². The Morgan fingerprint density at radius 3 is 1.40 bits per heavy atom. The molecule has 0 fully saturated rings. The molecule has 1 aromatic heterocycles. The third-order valence-corrected chi connectivity index (χ3v) is 23.7. The van der Waals surface area contributed by atoms with Gasteiger partial charge in [0.25, 0.3) is 0 Å². The Balaban J connectivity index is 0.897. The molecule has 0 atom stereocenters. The van der Waals surface area contributed by atoms with Gasteiger partial charge in [0.2, 0.25) is 0 Å². The van der Waals surface area contributed by atoms with E-state index in [1.165, 1.54) is 39.4 Å². The Morgan fingerprint density at radius 2 is 0.737 bits per heavy atom. The number of benzene rings is 15. The molecule has 4 aliphatic heterocycles. The summed E-state index contributed by atoms with van der Waals surface area (Å²) in [5, 5.41) is 2.66. The summed E-state index contributed by atoms with van der Waals surface area (Å²) < 4.78 is 10.8. The molecule has 6 nitrogen and oxygen atoms in total. The fraction of sp³-hybridized carbons (Fsp3) is 0. The molecular weight excluding hydrogens is 1320 g/mol. The number of para-hydroxylation sites is 8. The molecule has 0 unspecified atom stereocenters. The number of nitrogens with zero attached hydrogens (tertiary/aromatic N) is 5. The van der Waals surface area contributed by atoms with Gasteiger partial charge in [0.15, 0.2) is 0 Å². The summed E-state index contributed by atoms with van der Waals surface area (Å²) in [4.78, 5) is 12.5. The van der Waals surface area contributed by atoms with Crippen LogP contribution in [0.4, 0.5) is 85.3 Å². The molecule has 0 aliphatic carbocycles. The van der Waals surface area contributed by atoms with Crippen molar-refractivity contribution in [3.8, 4) is 33.8 Å².